The molecule has 0 radical (unpaired) electrons. The third-order valence-electron chi connectivity index (χ3n) is 6.36. The van der Waals surface area contributed by atoms with Gasteiger partial charge in [0.15, 0.2) is 5.76 Å². The molecule has 2 fully saturated rings. The van der Waals surface area contributed by atoms with Gasteiger partial charge in [0.25, 0.3) is 0 Å². The first-order valence-electron chi connectivity index (χ1n) is 10.7. The van der Waals surface area contributed by atoms with Crippen LogP contribution in [0.1, 0.15) is 45.1 Å². The molecule has 6 nitrogen and oxygen atoms in total. The second kappa shape index (κ2) is 9.29. The molecule has 2 amide bonds. The van der Waals surface area contributed by atoms with Crippen LogP contribution in [0.2, 0.25) is 0 Å². The van der Waals surface area contributed by atoms with Gasteiger partial charge in [-0.1, -0.05) is 37.3 Å². The minimum Gasteiger partial charge on any atom is -0.494 e. The lowest BCUT2D eigenvalue weighted by Gasteiger charge is -2.45. The quantitative estimate of drug-likeness (QED) is 0.319. The summed E-state index contributed by atoms with van der Waals surface area (Å²) in [6.45, 7) is 5.16. The normalized spacial score (nSPS) is 26.7. The van der Waals surface area contributed by atoms with Crippen LogP contribution < -0.4 is 10.6 Å². The van der Waals surface area contributed by atoms with E-state index in [1.807, 2.05) is 6.07 Å². The van der Waals surface area contributed by atoms with Crippen molar-refractivity contribution in [3.05, 3.63) is 59.0 Å². The van der Waals surface area contributed by atoms with E-state index in [9.17, 15) is 4.79 Å². The minimum atomic E-state index is -0.334. The van der Waals surface area contributed by atoms with Gasteiger partial charge >= 0.3 is 6.03 Å². The van der Waals surface area contributed by atoms with Crippen LogP contribution >= 0.6 is 0 Å². The number of nitriles is 1. The van der Waals surface area contributed by atoms with Crippen molar-refractivity contribution in [3.8, 4) is 18.4 Å². The maximum Gasteiger partial charge on any atom is 0.323 e. The molecule has 2 N–H and O–H groups in total. The highest BCUT2D eigenvalue weighted by molar-refractivity contribution is 5.81. The lowest BCUT2D eigenvalue weighted by molar-refractivity contribution is 0.155. The Morgan fingerprint density at radius 3 is 2.55 bits per heavy atom. The summed E-state index contributed by atoms with van der Waals surface area (Å²) in [6, 6.07) is 12.4. The first-order valence-corrected chi connectivity index (χ1v) is 10.7. The fraction of sp³-hybridized carbons (Fsp3) is 0.440. The lowest BCUT2D eigenvalue weighted by Crippen LogP contribution is -2.54. The van der Waals surface area contributed by atoms with Crippen molar-refractivity contribution < 1.29 is 9.53 Å². The number of nitrogens with zero attached hydrogens (tertiary/aromatic N) is 2. The highest BCUT2D eigenvalue weighted by atomic mass is 16.5. The predicted octanol–water partition coefficient (Wildman–Crippen LogP) is 3.79. The molecular formula is C25H30N4O2. The third-order valence-corrected chi connectivity index (χ3v) is 6.36. The van der Waals surface area contributed by atoms with E-state index in [1.54, 1.807) is 17.9 Å². The average Bonchev–Trinajstić information content (AvgIpc) is 3.11. The van der Waals surface area contributed by atoms with Crippen LogP contribution in [0.3, 0.4) is 0 Å². The number of methoxy groups -OCH3 is 1. The van der Waals surface area contributed by atoms with E-state index in [-0.39, 0.29) is 17.1 Å². The van der Waals surface area contributed by atoms with Crippen LogP contribution in [0.15, 0.2) is 53.4 Å². The summed E-state index contributed by atoms with van der Waals surface area (Å²) in [5.74, 6) is 2.94. The molecule has 0 unspecified atom stereocenters. The lowest BCUT2D eigenvalue weighted by atomic mass is 9.69. The van der Waals surface area contributed by atoms with E-state index in [0.717, 1.165) is 32.2 Å². The number of hydrogen-bond acceptors (Lipinski definition) is 4. The zero-order valence-electron chi connectivity index (χ0n) is 18.5. The molecule has 2 aliphatic rings. The van der Waals surface area contributed by atoms with Crippen molar-refractivity contribution >= 4 is 6.03 Å². The molecule has 0 atom stereocenters. The molecule has 1 aliphatic heterocycles. The number of ether oxygens (including phenoxy) is 1. The zero-order chi connectivity index (χ0) is 22.5. The highest BCUT2D eigenvalue weighted by Gasteiger charge is 2.49. The predicted molar refractivity (Wildman–Crippen MR) is 120 cm³/mol. The van der Waals surface area contributed by atoms with Crippen LogP contribution in [0.4, 0.5) is 4.79 Å². The van der Waals surface area contributed by atoms with Crippen molar-refractivity contribution in [1.82, 2.24) is 15.5 Å². The van der Waals surface area contributed by atoms with Gasteiger partial charge in [0.1, 0.15) is 5.70 Å². The molecule has 6 heteroatoms. The summed E-state index contributed by atoms with van der Waals surface area (Å²) < 4.78 is 5.41. The second-order valence-corrected chi connectivity index (χ2v) is 8.28. The number of nitrogens with one attached hydrogen (secondary N) is 2. The van der Waals surface area contributed by atoms with E-state index in [2.05, 4.69) is 53.8 Å². The molecular weight excluding hydrogens is 388 g/mol. The van der Waals surface area contributed by atoms with Crippen LogP contribution in [0.25, 0.3) is 0 Å². The van der Waals surface area contributed by atoms with Gasteiger partial charge in [-0.15, -0.1) is 6.42 Å². The summed E-state index contributed by atoms with van der Waals surface area (Å²) in [5.41, 5.74) is 1.66. The van der Waals surface area contributed by atoms with Gasteiger partial charge in [-0.05, 0) is 56.7 Å². The molecule has 1 aromatic rings. The minimum absolute atomic E-state index is 0.0888. The Labute approximate surface area is 185 Å². The largest absolute Gasteiger partial charge is 0.494 e. The standard InChI is InChI=1S/C25H30N4O2/c1-5-21(22(31-4)16-19(3)17-26)29-18-24(28-23(29)30)12-14-25(15-13-24,27-6-2)20-10-8-7-9-11-20/h1,7-11,16,27H,6,12-15,18H2,2-4H3,(H,28,30)/b19-16+,22-21-/t24-,25-. The number of allylic oxidation sites excluding steroid dienone is 3. The smallest absolute Gasteiger partial charge is 0.323 e. The summed E-state index contributed by atoms with van der Waals surface area (Å²) in [4.78, 5) is 14.5. The number of rotatable bonds is 6. The van der Waals surface area contributed by atoms with E-state index < -0.39 is 0 Å². The second-order valence-electron chi connectivity index (χ2n) is 8.28. The molecule has 162 valence electrons. The van der Waals surface area contributed by atoms with Crippen molar-refractivity contribution in [2.24, 2.45) is 0 Å². The van der Waals surface area contributed by atoms with Gasteiger partial charge in [0, 0.05) is 11.1 Å². The van der Waals surface area contributed by atoms with E-state index >= 15 is 0 Å². The summed E-state index contributed by atoms with van der Waals surface area (Å²) in [5, 5.41) is 16.0. The molecule has 31 heavy (non-hydrogen) atoms. The zero-order valence-corrected chi connectivity index (χ0v) is 18.5. The number of amides is 2. The molecule has 0 bridgehead atoms. The maximum absolute atomic E-state index is 12.9. The van der Waals surface area contributed by atoms with E-state index in [1.165, 1.54) is 12.7 Å². The average molecular weight is 419 g/mol. The summed E-state index contributed by atoms with van der Waals surface area (Å²) in [6.07, 6.45) is 10.8. The Bertz CT molecular complexity index is 957. The first-order chi connectivity index (χ1) is 14.9. The fourth-order valence-corrected chi connectivity index (χ4v) is 4.73. The van der Waals surface area contributed by atoms with Crippen LogP contribution in [-0.4, -0.2) is 36.7 Å². The number of carbonyl (C=O) groups is 1. The number of terminal acetylenes is 1. The van der Waals surface area contributed by atoms with Crippen molar-refractivity contribution in [2.75, 3.05) is 20.2 Å². The molecule has 1 aliphatic carbocycles. The summed E-state index contributed by atoms with van der Waals surface area (Å²) >= 11 is 0. The third kappa shape index (κ3) is 4.45. The number of benzene rings is 1. The van der Waals surface area contributed by atoms with E-state index in [0.29, 0.717) is 23.6 Å². The van der Waals surface area contributed by atoms with Crippen molar-refractivity contribution in [3.63, 3.8) is 0 Å². The number of carbonyl (C=O) groups excluding carboxylic acids is 1. The van der Waals surface area contributed by atoms with Gasteiger partial charge in [-0.25, -0.2) is 4.79 Å². The maximum atomic E-state index is 12.9. The highest BCUT2D eigenvalue weighted by Crippen LogP contribution is 2.43. The Morgan fingerprint density at radius 1 is 1.32 bits per heavy atom. The van der Waals surface area contributed by atoms with Gasteiger partial charge in [0.2, 0.25) is 0 Å². The van der Waals surface area contributed by atoms with Crippen LogP contribution in [0.5, 0.6) is 0 Å². The molecule has 1 aromatic carbocycles. The van der Waals surface area contributed by atoms with Gasteiger partial charge in [-0.2, -0.15) is 5.26 Å². The molecule has 1 saturated carbocycles. The van der Waals surface area contributed by atoms with Gasteiger partial charge in [0.05, 0.1) is 25.3 Å². The number of urea groups is 1. The molecule has 1 heterocycles. The van der Waals surface area contributed by atoms with Crippen LogP contribution in [0, 0.1) is 23.7 Å². The topological polar surface area (TPSA) is 77.4 Å². The first kappa shape index (κ1) is 22.5. The van der Waals surface area contributed by atoms with Crippen molar-refractivity contribution in [2.45, 2.75) is 50.6 Å². The van der Waals surface area contributed by atoms with Gasteiger partial charge in [-0.3, -0.25) is 4.90 Å². The SMILES string of the molecule is C#C/C(=C(\C=C(/C)C#N)OC)N1C[C@]2(CC[C@](NCC)(c3ccccc3)CC2)NC1=O. The Kier molecular flexibility index (Phi) is 6.73. The Morgan fingerprint density at radius 2 is 2.00 bits per heavy atom. The van der Waals surface area contributed by atoms with Gasteiger partial charge < -0.3 is 15.4 Å². The molecule has 1 spiro atoms. The summed E-state index contributed by atoms with van der Waals surface area (Å²) in [7, 11) is 1.49. The molecule has 0 aromatic heterocycles. The molecule has 1 saturated heterocycles. The Hall–Kier alpha value is -3.22. The molecule has 3 rings (SSSR count). The van der Waals surface area contributed by atoms with Crippen LogP contribution in [-0.2, 0) is 10.3 Å². The Balaban J connectivity index is 1.85. The monoisotopic (exact) mass is 418 g/mol. The fourth-order valence-electron chi connectivity index (χ4n) is 4.73. The van der Waals surface area contributed by atoms with E-state index in [4.69, 9.17) is 16.4 Å². The van der Waals surface area contributed by atoms with Crippen molar-refractivity contribution in [1.29, 1.82) is 5.26 Å². The number of hydrogen-bond donors (Lipinski definition) is 2.